The molecule has 0 saturated carbocycles. The van der Waals surface area contributed by atoms with Crippen LogP contribution in [0.2, 0.25) is 0 Å². The second-order valence-electron chi connectivity index (χ2n) is 5.31. The van der Waals surface area contributed by atoms with E-state index < -0.39 is 17.2 Å². The van der Waals surface area contributed by atoms with Gasteiger partial charge in [-0.3, -0.25) is 4.79 Å². The lowest BCUT2D eigenvalue weighted by Gasteiger charge is -2.09. The number of benzene rings is 3. The zero-order chi connectivity index (χ0) is 16.0. The number of carbonyl (C=O) groups excluding carboxylic acids is 1. The molecule has 0 aliphatic rings. The van der Waals surface area contributed by atoms with Gasteiger partial charge >= 0.3 is 0 Å². The number of hydrogen-bond donors (Lipinski definition) is 0. The molecule has 4 heteroatoms. The van der Waals surface area contributed by atoms with Gasteiger partial charge in [-0.05, 0) is 24.3 Å². The van der Waals surface area contributed by atoms with E-state index in [0.29, 0.717) is 5.69 Å². The number of para-hydroxylation sites is 2. The van der Waals surface area contributed by atoms with E-state index in [-0.39, 0.29) is 6.29 Å². The molecule has 1 heterocycles. The van der Waals surface area contributed by atoms with E-state index in [4.69, 9.17) is 0 Å². The fourth-order valence-corrected chi connectivity index (χ4v) is 3.01. The first-order valence-corrected chi connectivity index (χ1v) is 7.13. The van der Waals surface area contributed by atoms with E-state index in [0.717, 1.165) is 21.8 Å². The standard InChI is InChI=1S/C19H11F2NO/c20-16-9-12(10-17(21)15(16)11-23)22-18-7-3-1-5-13(18)14-6-2-4-8-19(14)22/h1-11H. The molecule has 0 saturated heterocycles. The fraction of sp³-hybridized carbons (Fsp3) is 0. The molecule has 112 valence electrons. The highest BCUT2D eigenvalue weighted by Gasteiger charge is 2.15. The summed E-state index contributed by atoms with van der Waals surface area (Å²) in [6.07, 6.45) is 0.195. The Morgan fingerprint density at radius 1 is 0.783 bits per heavy atom. The van der Waals surface area contributed by atoms with Crippen LogP contribution in [0.15, 0.2) is 60.7 Å². The van der Waals surface area contributed by atoms with Gasteiger partial charge in [0, 0.05) is 10.8 Å². The summed E-state index contributed by atoms with van der Waals surface area (Å²) in [5.41, 5.74) is 1.51. The van der Waals surface area contributed by atoms with Crippen molar-refractivity contribution in [3.05, 3.63) is 77.9 Å². The van der Waals surface area contributed by atoms with Crippen LogP contribution in [0.25, 0.3) is 27.5 Å². The Morgan fingerprint density at radius 2 is 1.26 bits per heavy atom. The van der Waals surface area contributed by atoms with Crippen molar-refractivity contribution in [1.82, 2.24) is 4.57 Å². The lowest BCUT2D eigenvalue weighted by Crippen LogP contribution is -2.00. The number of nitrogens with zero attached hydrogens (tertiary/aromatic N) is 1. The van der Waals surface area contributed by atoms with Gasteiger partial charge in [-0.15, -0.1) is 0 Å². The van der Waals surface area contributed by atoms with E-state index >= 15 is 0 Å². The van der Waals surface area contributed by atoms with Crippen LogP contribution < -0.4 is 0 Å². The van der Waals surface area contributed by atoms with Crippen molar-refractivity contribution in [2.45, 2.75) is 0 Å². The van der Waals surface area contributed by atoms with Gasteiger partial charge in [0.25, 0.3) is 0 Å². The molecule has 0 unspecified atom stereocenters. The zero-order valence-corrected chi connectivity index (χ0v) is 12.0. The third-order valence-electron chi connectivity index (χ3n) is 4.02. The predicted octanol–water partition coefficient (Wildman–Crippen LogP) is 4.87. The number of aldehydes is 1. The Bertz CT molecular complexity index is 989. The van der Waals surface area contributed by atoms with Crippen molar-refractivity contribution < 1.29 is 13.6 Å². The molecule has 4 rings (SSSR count). The van der Waals surface area contributed by atoms with Gasteiger partial charge < -0.3 is 4.57 Å². The summed E-state index contributed by atoms with van der Waals surface area (Å²) in [7, 11) is 0. The average molecular weight is 307 g/mol. The lowest BCUT2D eigenvalue weighted by molar-refractivity contribution is 0.111. The lowest BCUT2D eigenvalue weighted by atomic mass is 10.2. The van der Waals surface area contributed by atoms with Crippen molar-refractivity contribution in [2.75, 3.05) is 0 Å². The summed E-state index contributed by atoms with van der Waals surface area (Å²) in [6, 6.07) is 17.7. The molecule has 0 fully saturated rings. The monoisotopic (exact) mass is 307 g/mol. The highest BCUT2D eigenvalue weighted by molar-refractivity contribution is 6.09. The first-order chi connectivity index (χ1) is 11.2. The highest BCUT2D eigenvalue weighted by Crippen LogP contribution is 2.32. The Balaban J connectivity index is 2.14. The molecule has 1 aromatic heterocycles. The maximum absolute atomic E-state index is 14.0. The number of fused-ring (bicyclic) bond motifs is 3. The molecule has 0 aliphatic carbocycles. The van der Waals surface area contributed by atoms with E-state index in [1.807, 2.05) is 48.5 Å². The van der Waals surface area contributed by atoms with Crippen molar-refractivity contribution in [3.63, 3.8) is 0 Å². The van der Waals surface area contributed by atoms with Crippen molar-refractivity contribution in [2.24, 2.45) is 0 Å². The highest BCUT2D eigenvalue weighted by atomic mass is 19.1. The van der Waals surface area contributed by atoms with E-state index in [9.17, 15) is 13.6 Å². The van der Waals surface area contributed by atoms with Gasteiger partial charge in [-0.2, -0.15) is 0 Å². The molecule has 0 amide bonds. The maximum atomic E-state index is 14.0. The largest absolute Gasteiger partial charge is 0.309 e. The molecular weight excluding hydrogens is 296 g/mol. The van der Waals surface area contributed by atoms with Gasteiger partial charge in [-0.1, -0.05) is 36.4 Å². The summed E-state index contributed by atoms with van der Waals surface area (Å²) in [4.78, 5) is 10.8. The molecule has 0 radical (unpaired) electrons. The summed E-state index contributed by atoms with van der Waals surface area (Å²) in [5, 5.41) is 2.01. The van der Waals surface area contributed by atoms with Gasteiger partial charge in [-0.25, -0.2) is 8.78 Å². The van der Waals surface area contributed by atoms with E-state index in [1.165, 1.54) is 12.1 Å². The Hall–Kier alpha value is -3.01. The first kappa shape index (κ1) is 13.6. The summed E-state index contributed by atoms with van der Waals surface area (Å²) in [6.45, 7) is 0. The SMILES string of the molecule is O=Cc1c(F)cc(-n2c3ccccc3c3ccccc32)cc1F. The predicted molar refractivity (Wildman–Crippen MR) is 86.1 cm³/mol. The van der Waals surface area contributed by atoms with E-state index in [1.54, 1.807) is 4.57 Å². The number of hydrogen-bond acceptors (Lipinski definition) is 1. The van der Waals surface area contributed by atoms with Gasteiger partial charge in [0.1, 0.15) is 11.6 Å². The first-order valence-electron chi connectivity index (χ1n) is 7.13. The quantitative estimate of drug-likeness (QED) is 0.484. The molecule has 3 aromatic carbocycles. The molecule has 0 bridgehead atoms. The molecule has 0 atom stereocenters. The van der Waals surface area contributed by atoms with Crippen LogP contribution in [0.5, 0.6) is 0 Å². The maximum Gasteiger partial charge on any atom is 0.155 e. The summed E-state index contributed by atoms with van der Waals surface area (Å²) < 4.78 is 29.8. The second-order valence-corrected chi connectivity index (χ2v) is 5.31. The van der Waals surface area contributed by atoms with Crippen LogP contribution in [0.1, 0.15) is 10.4 Å². The minimum atomic E-state index is -0.864. The number of aromatic nitrogens is 1. The molecule has 0 N–H and O–H groups in total. The number of carbonyl (C=O) groups is 1. The van der Waals surface area contributed by atoms with Crippen molar-refractivity contribution >= 4 is 28.1 Å². The smallest absolute Gasteiger partial charge is 0.155 e. The van der Waals surface area contributed by atoms with Gasteiger partial charge in [0.05, 0.1) is 22.3 Å². The number of rotatable bonds is 2. The molecule has 0 aliphatic heterocycles. The third kappa shape index (κ3) is 1.95. The Kier molecular flexibility index (Phi) is 2.98. The van der Waals surface area contributed by atoms with Crippen molar-refractivity contribution in [3.8, 4) is 5.69 Å². The van der Waals surface area contributed by atoms with Gasteiger partial charge in [0.15, 0.2) is 6.29 Å². The number of halogens is 2. The molecule has 0 spiro atoms. The molecule has 4 aromatic rings. The molecule has 23 heavy (non-hydrogen) atoms. The normalized spacial score (nSPS) is 11.2. The van der Waals surface area contributed by atoms with Crippen molar-refractivity contribution in [1.29, 1.82) is 0 Å². The summed E-state index contributed by atoms with van der Waals surface area (Å²) >= 11 is 0. The Labute approximate surface area is 130 Å². The average Bonchev–Trinajstić information content (AvgIpc) is 2.89. The van der Waals surface area contributed by atoms with Crippen LogP contribution in [-0.4, -0.2) is 10.9 Å². The summed E-state index contributed by atoms with van der Waals surface area (Å²) in [5.74, 6) is -1.73. The van der Waals surface area contributed by atoms with Crippen LogP contribution >= 0.6 is 0 Å². The molecule has 2 nitrogen and oxygen atoms in total. The van der Waals surface area contributed by atoms with E-state index in [2.05, 4.69) is 0 Å². The van der Waals surface area contributed by atoms with Crippen LogP contribution in [0.4, 0.5) is 8.78 Å². The molecular formula is C19H11F2NO. The van der Waals surface area contributed by atoms with Gasteiger partial charge in [0.2, 0.25) is 0 Å². The van der Waals surface area contributed by atoms with Crippen LogP contribution in [-0.2, 0) is 0 Å². The van der Waals surface area contributed by atoms with Crippen LogP contribution in [0, 0.1) is 11.6 Å². The second kappa shape index (κ2) is 5.02. The Morgan fingerprint density at radius 3 is 1.74 bits per heavy atom. The minimum absolute atomic E-state index is 0.195. The topological polar surface area (TPSA) is 22.0 Å². The fourth-order valence-electron chi connectivity index (χ4n) is 3.01. The third-order valence-corrected chi connectivity index (χ3v) is 4.02. The minimum Gasteiger partial charge on any atom is -0.309 e. The zero-order valence-electron chi connectivity index (χ0n) is 12.0. The van der Waals surface area contributed by atoms with Crippen LogP contribution in [0.3, 0.4) is 0 Å².